The third-order valence-electron chi connectivity index (χ3n) is 1.57. The largest absolute Gasteiger partial charge is 0.481 e. The van der Waals surface area contributed by atoms with Crippen LogP contribution in [0.2, 0.25) is 0 Å². The smallest absolute Gasteiger partial charge is 0.313 e. The van der Waals surface area contributed by atoms with Gasteiger partial charge in [0.25, 0.3) is 0 Å². The molecule has 0 heterocycles. The predicted octanol–water partition coefficient (Wildman–Crippen LogP) is 1.81. The van der Waals surface area contributed by atoms with E-state index in [4.69, 9.17) is 5.11 Å². The van der Waals surface area contributed by atoms with E-state index in [1.807, 2.05) is 20.8 Å². The van der Waals surface area contributed by atoms with Gasteiger partial charge in [0.1, 0.15) is 0 Å². The highest BCUT2D eigenvalue weighted by Gasteiger charge is 2.27. The van der Waals surface area contributed by atoms with Crippen LogP contribution in [0.25, 0.3) is 0 Å². The van der Waals surface area contributed by atoms with Crippen molar-refractivity contribution in [1.82, 2.24) is 0 Å². The monoisotopic (exact) mass is 204 g/mol. The Morgan fingerprint density at radius 1 is 1.38 bits per heavy atom. The minimum absolute atomic E-state index is 0.0109. The number of carbonyl (C=O) groups excluding carboxylic acids is 1. The van der Waals surface area contributed by atoms with Crippen molar-refractivity contribution in [3.63, 3.8) is 0 Å². The van der Waals surface area contributed by atoms with Gasteiger partial charge in [-0.25, -0.2) is 0 Å². The zero-order chi connectivity index (χ0) is 10.6. The second kappa shape index (κ2) is 4.65. The summed E-state index contributed by atoms with van der Waals surface area (Å²) in [5.74, 6) is -0.791. The number of ketones is 1. The van der Waals surface area contributed by atoms with E-state index in [0.29, 0.717) is 0 Å². The lowest BCUT2D eigenvalue weighted by atomic mass is 9.89. The molecular weight excluding hydrogens is 188 g/mol. The van der Waals surface area contributed by atoms with E-state index in [1.54, 1.807) is 6.92 Å². The molecule has 0 saturated heterocycles. The molecule has 0 aromatic carbocycles. The number of hydrogen-bond donors (Lipinski definition) is 1. The number of Topliss-reactive ketones (excluding diaryl/α,β-unsaturated/α-hetero) is 1. The first kappa shape index (κ1) is 12.5. The molecule has 0 aliphatic rings. The van der Waals surface area contributed by atoms with Crippen molar-refractivity contribution in [2.24, 2.45) is 5.41 Å². The number of carboxylic acid groups (broad SMARTS) is 1. The van der Waals surface area contributed by atoms with Crippen LogP contribution in [0.4, 0.5) is 0 Å². The van der Waals surface area contributed by atoms with Crippen LogP contribution in [0.3, 0.4) is 0 Å². The average molecular weight is 204 g/mol. The lowest BCUT2D eigenvalue weighted by Crippen LogP contribution is -2.29. The summed E-state index contributed by atoms with van der Waals surface area (Å²) in [6.45, 7) is 7.27. The van der Waals surface area contributed by atoms with Crippen LogP contribution < -0.4 is 0 Å². The van der Waals surface area contributed by atoms with Gasteiger partial charge in [0.15, 0.2) is 5.78 Å². The maximum atomic E-state index is 11.6. The highest BCUT2D eigenvalue weighted by atomic mass is 32.2. The lowest BCUT2D eigenvalue weighted by molar-refractivity contribution is -0.133. The van der Waals surface area contributed by atoms with E-state index in [-0.39, 0.29) is 22.2 Å². The summed E-state index contributed by atoms with van der Waals surface area (Å²) < 4.78 is 0. The minimum atomic E-state index is -0.876. The van der Waals surface area contributed by atoms with Crippen molar-refractivity contribution >= 4 is 23.5 Å². The lowest BCUT2D eigenvalue weighted by Gasteiger charge is -2.20. The SMILES string of the molecule is CC(SCC(=O)O)C(=O)C(C)(C)C. The van der Waals surface area contributed by atoms with Crippen LogP contribution in [0.15, 0.2) is 0 Å². The number of thioether (sulfide) groups is 1. The molecule has 1 N–H and O–H groups in total. The van der Waals surface area contributed by atoms with Gasteiger partial charge in [-0.1, -0.05) is 20.8 Å². The summed E-state index contributed by atoms with van der Waals surface area (Å²) in [7, 11) is 0. The Morgan fingerprint density at radius 3 is 2.15 bits per heavy atom. The number of carbonyl (C=O) groups is 2. The first-order chi connectivity index (χ1) is 5.75. The highest BCUT2D eigenvalue weighted by Crippen LogP contribution is 2.23. The van der Waals surface area contributed by atoms with Crippen LogP contribution >= 0.6 is 11.8 Å². The zero-order valence-electron chi connectivity index (χ0n) is 8.46. The third-order valence-corrected chi connectivity index (χ3v) is 2.69. The van der Waals surface area contributed by atoms with Crippen molar-refractivity contribution in [3.05, 3.63) is 0 Å². The second-order valence-electron chi connectivity index (χ2n) is 3.96. The Kier molecular flexibility index (Phi) is 4.47. The average Bonchev–Trinajstić information content (AvgIpc) is 1.96. The Labute approximate surface area is 82.9 Å². The molecule has 0 fully saturated rings. The molecule has 0 saturated carbocycles. The maximum Gasteiger partial charge on any atom is 0.313 e. The van der Waals surface area contributed by atoms with Crippen molar-refractivity contribution < 1.29 is 14.7 Å². The molecule has 1 atom stereocenters. The molecule has 0 aromatic rings. The normalized spacial score (nSPS) is 13.8. The van der Waals surface area contributed by atoms with Gasteiger partial charge in [-0.15, -0.1) is 11.8 Å². The van der Waals surface area contributed by atoms with Crippen LogP contribution in [0.1, 0.15) is 27.7 Å². The maximum absolute atomic E-state index is 11.6. The first-order valence-electron chi connectivity index (χ1n) is 4.13. The van der Waals surface area contributed by atoms with Crippen LogP contribution in [-0.2, 0) is 9.59 Å². The standard InChI is InChI=1S/C9H16O3S/c1-6(13-5-7(10)11)8(12)9(2,3)4/h6H,5H2,1-4H3,(H,10,11). The highest BCUT2D eigenvalue weighted by molar-refractivity contribution is 8.01. The quantitative estimate of drug-likeness (QED) is 0.758. The molecule has 0 radical (unpaired) electrons. The Hall–Kier alpha value is -0.510. The molecular formula is C9H16O3S. The van der Waals surface area contributed by atoms with Crippen molar-refractivity contribution in [1.29, 1.82) is 0 Å². The number of hydrogen-bond acceptors (Lipinski definition) is 3. The summed E-state index contributed by atoms with van der Waals surface area (Å²) in [6, 6.07) is 0. The van der Waals surface area contributed by atoms with Gasteiger partial charge >= 0.3 is 5.97 Å². The fourth-order valence-corrected chi connectivity index (χ4v) is 1.78. The molecule has 0 aromatic heterocycles. The van der Waals surface area contributed by atoms with Crippen LogP contribution in [0, 0.1) is 5.41 Å². The molecule has 0 aliphatic heterocycles. The minimum Gasteiger partial charge on any atom is -0.481 e. The molecule has 0 spiro atoms. The Balaban J connectivity index is 4.05. The fraction of sp³-hybridized carbons (Fsp3) is 0.778. The van der Waals surface area contributed by atoms with E-state index >= 15 is 0 Å². The molecule has 0 aliphatic carbocycles. The van der Waals surface area contributed by atoms with Gasteiger partial charge in [0.2, 0.25) is 0 Å². The zero-order valence-corrected chi connectivity index (χ0v) is 9.27. The predicted molar refractivity (Wildman–Crippen MR) is 54.0 cm³/mol. The number of carboxylic acids is 1. The summed E-state index contributed by atoms with van der Waals surface area (Å²) >= 11 is 1.17. The van der Waals surface area contributed by atoms with Gasteiger partial charge in [0, 0.05) is 5.41 Å². The van der Waals surface area contributed by atoms with E-state index in [9.17, 15) is 9.59 Å². The topological polar surface area (TPSA) is 54.4 Å². The molecule has 13 heavy (non-hydrogen) atoms. The summed E-state index contributed by atoms with van der Waals surface area (Å²) in [5, 5.41) is 8.18. The first-order valence-corrected chi connectivity index (χ1v) is 5.17. The number of rotatable bonds is 4. The van der Waals surface area contributed by atoms with E-state index in [0.717, 1.165) is 0 Å². The summed E-state index contributed by atoms with van der Waals surface area (Å²) in [6.07, 6.45) is 0. The summed E-state index contributed by atoms with van der Waals surface area (Å²) in [4.78, 5) is 21.8. The summed E-state index contributed by atoms with van der Waals surface area (Å²) in [5.41, 5.74) is -0.384. The van der Waals surface area contributed by atoms with Crippen molar-refractivity contribution in [2.75, 3.05) is 5.75 Å². The molecule has 0 bridgehead atoms. The number of aliphatic carboxylic acids is 1. The van der Waals surface area contributed by atoms with Gasteiger partial charge < -0.3 is 5.11 Å². The van der Waals surface area contributed by atoms with Gasteiger partial charge in [-0.05, 0) is 6.92 Å². The van der Waals surface area contributed by atoms with Crippen LogP contribution in [-0.4, -0.2) is 27.9 Å². The fourth-order valence-electron chi connectivity index (χ4n) is 0.882. The second-order valence-corrected chi connectivity index (χ2v) is 5.29. The Morgan fingerprint density at radius 2 is 1.85 bits per heavy atom. The van der Waals surface area contributed by atoms with Gasteiger partial charge in [-0.2, -0.15) is 0 Å². The van der Waals surface area contributed by atoms with Crippen molar-refractivity contribution in [2.45, 2.75) is 32.9 Å². The molecule has 0 amide bonds. The third kappa shape index (κ3) is 4.93. The molecule has 1 unspecified atom stereocenters. The molecule has 3 nitrogen and oxygen atoms in total. The molecule has 4 heteroatoms. The molecule has 76 valence electrons. The van der Waals surface area contributed by atoms with Gasteiger partial charge in [-0.3, -0.25) is 9.59 Å². The van der Waals surface area contributed by atoms with E-state index < -0.39 is 5.97 Å². The van der Waals surface area contributed by atoms with E-state index in [2.05, 4.69) is 0 Å². The van der Waals surface area contributed by atoms with E-state index in [1.165, 1.54) is 11.8 Å². The van der Waals surface area contributed by atoms with Gasteiger partial charge in [0.05, 0.1) is 11.0 Å². The van der Waals surface area contributed by atoms with Crippen LogP contribution in [0.5, 0.6) is 0 Å². The Bertz CT molecular complexity index is 205. The molecule has 0 rings (SSSR count). The van der Waals surface area contributed by atoms with Crippen molar-refractivity contribution in [3.8, 4) is 0 Å².